The Morgan fingerprint density at radius 2 is 1.78 bits per heavy atom. The highest BCUT2D eigenvalue weighted by Crippen LogP contribution is 2.44. The van der Waals surface area contributed by atoms with E-state index in [1.807, 2.05) is 30.3 Å². The Morgan fingerprint density at radius 1 is 1.09 bits per heavy atom. The Labute approximate surface area is 151 Å². The normalized spacial score (nSPS) is 20.0. The largest absolute Gasteiger partial charge is 0.330 e. The van der Waals surface area contributed by atoms with Crippen LogP contribution < -0.4 is 0 Å². The Hall–Kier alpha value is -1.16. The molecule has 120 valence electrons. The maximum Gasteiger partial charge on any atom is 0.278 e. The van der Waals surface area contributed by atoms with E-state index >= 15 is 0 Å². The average molecular weight is 366 g/mol. The Bertz CT molecular complexity index is 750. The van der Waals surface area contributed by atoms with Gasteiger partial charge in [-0.2, -0.15) is 0 Å². The van der Waals surface area contributed by atoms with Crippen LogP contribution in [0.3, 0.4) is 0 Å². The number of carbonyl (C=O) groups is 1. The first-order chi connectivity index (χ1) is 11.0. The third-order valence-electron chi connectivity index (χ3n) is 4.57. The van der Waals surface area contributed by atoms with Crippen LogP contribution >= 0.6 is 35.8 Å². The van der Waals surface area contributed by atoms with Crippen molar-refractivity contribution < 1.29 is 4.79 Å². The molecule has 0 unspecified atom stereocenters. The van der Waals surface area contributed by atoms with E-state index in [-0.39, 0.29) is 17.2 Å². The monoisotopic (exact) mass is 365 g/mol. The van der Waals surface area contributed by atoms with Crippen molar-refractivity contribution in [2.24, 2.45) is 0 Å². The molecular weight excluding hydrogens is 349 g/mol. The molecule has 2 atom stereocenters. The summed E-state index contributed by atoms with van der Waals surface area (Å²) in [6.45, 7) is 0. The summed E-state index contributed by atoms with van der Waals surface area (Å²) in [6.07, 6.45) is 1.84. The van der Waals surface area contributed by atoms with Crippen molar-refractivity contribution in [2.45, 2.75) is 24.8 Å². The Morgan fingerprint density at radius 3 is 2.43 bits per heavy atom. The summed E-state index contributed by atoms with van der Waals surface area (Å²) in [5.41, 5.74) is 3.58. The fourth-order valence-corrected chi connectivity index (χ4v) is 3.82. The second kappa shape index (κ2) is 6.76. The summed E-state index contributed by atoms with van der Waals surface area (Å²) in [5, 5.41) is 0.932. The van der Waals surface area contributed by atoms with Crippen molar-refractivity contribution in [3.8, 4) is 0 Å². The van der Waals surface area contributed by atoms with Crippen molar-refractivity contribution >= 4 is 41.1 Å². The highest BCUT2D eigenvalue weighted by atomic mass is 35.5. The van der Waals surface area contributed by atoms with Gasteiger partial charge >= 0.3 is 0 Å². The number of carbonyl (C=O) groups excluding carboxylic acids is 1. The van der Waals surface area contributed by atoms with Crippen molar-refractivity contribution in [1.29, 1.82) is 0 Å². The maximum atomic E-state index is 11.6. The summed E-state index contributed by atoms with van der Waals surface area (Å²) in [6, 6.07) is 14.2. The zero-order valence-corrected chi connectivity index (χ0v) is 15.1. The van der Waals surface area contributed by atoms with E-state index < -0.39 is 0 Å². The van der Waals surface area contributed by atoms with Gasteiger partial charge in [0.15, 0.2) is 0 Å². The summed E-state index contributed by atoms with van der Waals surface area (Å²) in [7, 11) is 1.80. The van der Waals surface area contributed by atoms with Gasteiger partial charge in [-0.05, 0) is 41.7 Å². The van der Waals surface area contributed by atoms with Crippen molar-refractivity contribution in [2.75, 3.05) is 7.05 Å². The quantitative estimate of drug-likeness (QED) is 0.652. The van der Waals surface area contributed by atoms with Crippen LogP contribution in [0.15, 0.2) is 42.5 Å². The molecule has 1 amide bonds. The van der Waals surface area contributed by atoms with Gasteiger partial charge in [-0.25, -0.2) is 0 Å². The number of amides is 1. The van der Waals surface area contributed by atoms with Crippen LogP contribution in [0.4, 0.5) is 4.79 Å². The Kier molecular flexibility index (Phi) is 4.90. The molecule has 2 aromatic rings. The highest BCUT2D eigenvalue weighted by Gasteiger charge is 2.31. The number of fused-ring (bicyclic) bond motifs is 1. The fourth-order valence-electron chi connectivity index (χ4n) is 3.38. The third-order valence-corrected chi connectivity index (χ3v) is 5.63. The molecule has 0 heterocycles. The molecule has 1 aliphatic carbocycles. The van der Waals surface area contributed by atoms with Gasteiger partial charge in [-0.3, -0.25) is 4.79 Å². The van der Waals surface area contributed by atoms with Crippen LogP contribution in [0, 0.1) is 0 Å². The van der Waals surface area contributed by atoms with E-state index in [1.54, 1.807) is 11.9 Å². The first-order valence-electron chi connectivity index (χ1n) is 7.48. The standard InChI is InChI=1S/C18H17Cl2NOS/c1-21(18(22)23)17-9-7-12(13-4-2-3-5-14(13)17)11-6-8-15(19)16(20)10-11/h2-6,8,10,12,17H,7,9H2,1H3,(H,22,23)/t12-,17-/m0/s1. The molecule has 2 nitrogen and oxygen atoms in total. The third kappa shape index (κ3) is 3.23. The second-order valence-electron chi connectivity index (χ2n) is 5.84. The molecule has 0 aromatic heterocycles. The van der Waals surface area contributed by atoms with Crippen LogP contribution in [0.1, 0.15) is 41.5 Å². The molecule has 0 aliphatic heterocycles. The molecule has 3 rings (SSSR count). The van der Waals surface area contributed by atoms with Gasteiger partial charge in [-0.15, -0.1) is 0 Å². The lowest BCUT2D eigenvalue weighted by molar-refractivity contribution is 0.208. The molecule has 0 saturated carbocycles. The minimum Gasteiger partial charge on any atom is -0.330 e. The van der Waals surface area contributed by atoms with E-state index in [0.717, 1.165) is 18.4 Å². The molecule has 0 bridgehead atoms. The van der Waals surface area contributed by atoms with E-state index in [2.05, 4.69) is 24.8 Å². The minimum atomic E-state index is -0.210. The van der Waals surface area contributed by atoms with Gasteiger partial charge < -0.3 is 4.90 Å². The van der Waals surface area contributed by atoms with Crippen LogP contribution in [-0.2, 0) is 0 Å². The average Bonchev–Trinajstić information content (AvgIpc) is 2.55. The molecular formula is C18H17Cl2NOS. The second-order valence-corrected chi connectivity index (χ2v) is 7.04. The number of hydrogen-bond acceptors (Lipinski definition) is 1. The lowest BCUT2D eigenvalue weighted by Gasteiger charge is -2.36. The first kappa shape index (κ1) is 16.7. The van der Waals surface area contributed by atoms with E-state index in [0.29, 0.717) is 10.0 Å². The molecule has 1 aliphatic rings. The molecule has 23 heavy (non-hydrogen) atoms. The number of hydrogen-bond donors (Lipinski definition) is 1. The number of thiol groups is 1. The van der Waals surface area contributed by atoms with Crippen LogP contribution in [0.2, 0.25) is 10.0 Å². The molecule has 0 N–H and O–H groups in total. The van der Waals surface area contributed by atoms with E-state index in [9.17, 15) is 4.79 Å². The first-order valence-corrected chi connectivity index (χ1v) is 8.69. The fraction of sp³-hybridized carbons (Fsp3) is 0.278. The summed E-state index contributed by atoms with van der Waals surface area (Å²) in [5.74, 6) is 0.264. The molecule has 0 radical (unpaired) electrons. The van der Waals surface area contributed by atoms with Gasteiger partial charge in [-0.1, -0.05) is 66.2 Å². The Balaban J connectivity index is 2.03. The van der Waals surface area contributed by atoms with Gasteiger partial charge in [0.2, 0.25) is 0 Å². The number of nitrogens with zero attached hydrogens (tertiary/aromatic N) is 1. The topological polar surface area (TPSA) is 20.3 Å². The maximum absolute atomic E-state index is 11.6. The lowest BCUT2D eigenvalue weighted by atomic mass is 9.76. The van der Waals surface area contributed by atoms with Gasteiger partial charge in [0, 0.05) is 13.0 Å². The number of benzene rings is 2. The predicted molar refractivity (Wildman–Crippen MR) is 98.9 cm³/mol. The SMILES string of the molecule is CN(C(=O)S)[C@H]1CC[C@@H](c2ccc(Cl)c(Cl)c2)c2ccccc21. The molecule has 0 fully saturated rings. The van der Waals surface area contributed by atoms with Gasteiger partial charge in [0.05, 0.1) is 16.1 Å². The van der Waals surface area contributed by atoms with Gasteiger partial charge in [0.25, 0.3) is 5.24 Å². The van der Waals surface area contributed by atoms with E-state index in [4.69, 9.17) is 23.2 Å². The van der Waals surface area contributed by atoms with Crippen molar-refractivity contribution in [3.05, 3.63) is 69.2 Å². The molecule has 0 spiro atoms. The lowest BCUT2D eigenvalue weighted by Crippen LogP contribution is -2.31. The predicted octanol–water partition coefficient (Wildman–Crippen LogP) is 5.94. The molecule has 5 heteroatoms. The molecule has 0 saturated heterocycles. The van der Waals surface area contributed by atoms with Crippen LogP contribution in [0.25, 0.3) is 0 Å². The smallest absolute Gasteiger partial charge is 0.278 e. The minimum absolute atomic E-state index is 0.0650. The van der Waals surface area contributed by atoms with Gasteiger partial charge in [0.1, 0.15) is 0 Å². The number of rotatable bonds is 2. The summed E-state index contributed by atoms with van der Waals surface area (Å²) in [4.78, 5) is 13.3. The van der Waals surface area contributed by atoms with E-state index in [1.165, 1.54) is 11.1 Å². The number of halogens is 2. The van der Waals surface area contributed by atoms with Crippen molar-refractivity contribution in [1.82, 2.24) is 4.90 Å². The summed E-state index contributed by atoms with van der Waals surface area (Å²) < 4.78 is 0. The summed E-state index contributed by atoms with van der Waals surface area (Å²) >= 11 is 16.2. The highest BCUT2D eigenvalue weighted by molar-refractivity contribution is 7.96. The zero-order valence-electron chi connectivity index (χ0n) is 12.7. The molecule has 2 aromatic carbocycles. The van der Waals surface area contributed by atoms with Crippen molar-refractivity contribution in [3.63, 3.8) is 0 Å². The van der Waals surface area contributed by atoms with Crippen LogP contribution in [0.5, 0.6) is 0 Å². The van der Waals surface area contributed by atoms with Crippen LogP contribution in [-0.4, -0.2) is 17.2 Å². The zero-order chi connectivity index (χ0) is 16.6.